The van der Waals surface area contributed by atoms with Gasteiger partial charge >= 0.3 is 6.61 Å². The lowest BCUT2D eigenvalue weighted by Gasteiger charge is -2.15. The average Bonchev–Trinajstić information content (AvgIpc) is 3.11. The number of carbonyl (C=O) groups excluding carboxylic acids is 1. The second-order valence-corrected chi connectivity index (χ2v) is 7.90. The van der Waals surface area contributed by atoms with Crippen LogP contribution in [0.15, 0.2) is 70.6 Å². The molecule has 0 spiro atoms. The summed E-state index contributed by atoms with van der Waals surface area (Å²) in [4.78, 5) is 16.9. The van der Waals surface area contributed by atoms with Gasteiger partial charge in [-0.1, -0.05) is 39.8 Å². The summed E-state index contributed by atoms with van der Waals surface area (Å²) in [5, 5.41) is 2.76. The van der Waals surface area contributed by atoms with E-state index in [4.69, 9.17) is 0 Å². The van der Waals surface area contributed by atoms with Gasteiger partial charge < -0.3 is 10.1 Å². The van der Waals surface area contributed by atoms with Crippen molar-refractivity contribution in [1.29, 1.82) is 0 Å². The van der Waals surface area contributed by atoms with Gasteiger partial charge in [0.15, 0.2) is 5.16 Å². The van der Waals surface area contributed by atoms with Gasteiger partial charge in [0.1, 0.15) is 5.75 Å². The third-order valence-electron chi connectivity index (χ3n) is 3.72. The number of amides is 1. The van der Waals surface area contributed by atoms with Crippen molar-refractivity contribution in [2.45, 2.75) is 23.9 Å². The highest BCUT2D eigenvalue weighted by molar-refractivity contribution is 9.10. The topological polar surface area (TPSA) is 56.2 Å². The van der Waals surface area contributed by atoms with Gasteiger partial charge in [-0.25, -0.2) is 4.98 Å². The molecule has 3 rings (SSSR count). The Labute approximate surface area is 173 Å². The summed E-state index contributed by atoms with van der Waals surface area (Å²) in [6, 6.07) is 13.8. The number of nitrogens with zero attached hydrogens (tertiary/aromatic N) is 2. The Morgan fingerprint density at radius 1 is 1.21 bits per heavy atom. The van der Waals surface area contributed by atoms with Crippen molar-refractivity contribution in [3.8, 4) is 11.4 Å². The molecule has 0 radical (unpaired) electrons. The second kappa shape index (κ2) is 9.20. The predicted octanol–water partition coefficient (Wildman–Crippen LogP) is 5.36. The van der Waals surface area contributed by atoms with Gasteiger partial charge in [0, 0.05) is 22.6 Å². The normalized spacial score (nSPS) is 12.0. The predicted molar refractivity (Wildman–Crippen MR) is 108 cm³/mol. The number of aromatic nitrogens is 2. The molecule has 1 unspecified atom stereocenters. The molecule has 3 aromatic rings. The van der Waals surface area contributed by atoms with Crippen molar-refractivity contribution < 1.29 is 18.3 Å². The van der Waals surface area contributed by atoms with Gasteiger partial charge in [-0.3, -0.25) is 9.36 Å². The molecule has 0 bridgehead atoms. The Morgan fingerprint density at radius 3 is 2.64 bits per heavy atom. The molecule has 0 fully saturated rings. The van der Waals surface area contributed by atoms with Gasteiger partial charge in [-0.15, -0.1) is 0 Å². The van der Waals surface area contributed by atoms with Crippen LogP contribution >= 0.6 is 27.7 Å². The largest absolute Gasteiger partial charge is 0.433 e. The summed E-state index contributed by atoms with van der Waals surface area (Å²) >= 11 is 4.66. The van der Waals surface area contributed by atoms with Crippen molar-refractivity contribution in [3.63, 3.8) is 0 Å². The van der Waals surface area contributed by atoms with Crippen LogP contribution in [0.2, 0.25) is 0 Å². The third kappa shape index (κ3) is 5.11. The number of imidazole rings is 1. The molecular weight excluding hydrogens is 452 g/mol. The van der Waals surface area contributed by atoms with Crippen LogP contribution in [-0.4, -0.2) is 27.3 Å². The average molecular weight is 468 g/mol. The fourth-order valence-corrected chi connectivity index (χ4v) is 3.54. The molecule has 2 aromatic carbocycles. The second-order valence-electron chi connectivity index (χ2n) is 5.68. The fourth-order valence-electron chi connectivity index (χ4n) is 2.39. The first-order valence-corrected chi connectivity index (χ1v) is 9.92. The Morgan fingerprint density at radius 2 is 1.93 bits per heavy atom. The summed E-state index contributed by atoms with van der Waals surface area (Å²) in [7, 11) is 0. The van der Waals surface area contributed by atoms with Crippen molar-refractivity contribution in [2.24, 2.45) is 0 Å². The quantitative estimate of drug-likeness (QED) is 0.475. The standard InChI is InChI=1S/C19H16BrF2N3O2S/c1-12(17(26)24-15-4-2-3-5-16(15)27-18(21)22)28-19-23-10-11-25(19)14-8-6-13(20)7-9-14/h2-12,18H,1H3,(H,24,26). The number of anilines is 1. The minimum Gasteiger partial charge on any atom is -0.433 e. The molecule has 1 atom stereocenters. The highest BCUT2D eigenvalue weighted by atomic mass is 79.9. The molecular formula is C19H16BrF2N3O2S. The van der Waals surface area contributed by atoms with E-state index >= 15 is 0 Å². The number of ether oxygens (including phenoxy) is 1. The lowest BCUT2D eigenvalue weighted by atomic mass is 10.3. The number of halogens is 3. The highest BCUT2D eigenvalue weighted by Gasteiger charge is 2.20. The smallest absolute Gasteiger partial charge is 0.387 e. The van der Waals surface area contributed by atoms with Gasteiger partial charge in [-0.2, -0.15) is 8.78 Å². The van der Waals surface area contributed by atoms with Crippen molar-refractivity contribution >= 4 is 39.3 Å². The summed E-state index contributed by atoms with van der Waals surface area (Å²) in [6.07, 6.45) is 3.46. The van der Waals surface area contributed by atoms with Crippen LogP contribution < -0.4 is 10.1 Å². The number of carbonyl (C=O) groups is 1. The summed E-state index contributed by atoms with van der Waals surface area (Å²) < 4.78 is 32.3. The molecule has 9 heteroatoms. The zero-order chi connectivity index (χ0) is 20.1. The molecule has 5 nitrogen and oxygen atoms in total. The maximum Gasteiger partial charge on any atom is 0.387 e. The number of para-hydroxylation sites is 2. The van der Waals surface area contributed by atoms with Crippen molar-refractivity contribution in [3.05, 3.63) is 65.4 Å². The number of thioether (sulfide) groups is 1. The maximum atomic E-state index is 12.6. The van der Waals surface area contributed by atoms with Gasteiger partial charge in [0.2, 0.25) is 5.91 Å². The Kier molecular flexibility index (Phi) is 6.69. The van der Waals surface area contributed by atoms with Crippen molar-refractivity contribution in [2.75, 3.05) is 5.32 Å². The van der Waals surface area contributed by atoms with E-state index in [1.54, 1.807) is 25.3 Å². The van der Waals surface area contributed by atoms with Gasteiger partial charge in [-0.05, 0) is 43.3 Å². The Bertz CT molecular complexity index is 950. The Hall–Kier alpha value is -2.39. The van der Waals surface area contributed by atoms with Crippen LogP contribution in [0.25, 0.3) is 5.69 Å². The third-order valence-corrected chi connectivity index (χ3v) is 5.33. The molecule has 0 aliphatic carbocycles. The SMILES string of the molecule is CC(Sc1nccn1-c1ccc(Br)cc1)C(=O)Nc1ccccc1OC(F)F. The molecule has 0 saturated heterocycles. The Balaban J connectivity index is 1.71. The van der Waals surface area contributed by atoms with E-state index in [9.17, 15) is 13.6 Å². The molecule has 0 aliphatic heterocycles. The van der Waals surface area contributed by atoms with Crippen LogP contribution in [-0.2, 0) is 4.79 Å². The molecule has 1 amide bonds. The summed E-state index contributed by atoms with van der Waals surface area (Å²) in [5.74, 6) is -0.430. The van der Waals surface area contributed by atoms with Crippen LogP contribution in [0.5, 0.6) is 5.75 Å². The first-order valence-electron chi connectivity index (χ1n) is 8.24. The molecule has 0 aliphatic rings. The number of benzene rings is 2. The summed E-state index contributed by atoms with van der Waals surface area (Å²) in [5.41, 5.74) is 1.10. The maximum absolute atomic E-state index is 12.6. The number of nitrogens with one attached hydrogen (secondary N) is 1. The minimum atomic E-state index is -2.97. The monoisotopic (exact) mass is 467 g/mol. The van der Waals surface area contributed by atoms with Crippen LogP contribution in [0.1, 0.15) is 6.92 Å². The van der Waals surface area contributed by atoms with E-state index in [1.807, 2.05) is 35.0 Å². The van der Waals surface area contributed by atoms with E-state index in [2.05, 4.69) is 31.0 Å². The van der Waals surface area contributed by atoms with E-state index in [0.717, 1.165) is 10.2 Å². The number of alkyl halides is 2. The molecule has 146 valence electrons. The van der Waals surface area contributed by atoms with Gasteiger partial charge in [0.05, 0.1) is 10.9 Å². The highest BCUT2D eigenvalue weighted by Crippen LogP contribution is 2.29. The van der Waals surface area contributed by atoms with Crippen molar-refractivity contribution in [1.82, 2.24) is 9.55 Å². The lowest BCUT2D eigenvalue weighted by Crippen LogP contribution is -2.23. The molecule has 0 saturated carbocycles. The molecule has 1 N–H and O–H groups in total. The van der Waals surface area contributed by atoms with E-state index in [-0.39, 0.29) is 17.3 Å². The summed E-state index contributed by atoms with van der Waals surface area (Å²) in [6.45, 7) is -1.25. The van der Waals surface area contributed by atoms with Crippen LogP contribution in [0.4, 0.5) is 14.5 Å². The van der Waals surface area contributed by atoms with E-state index in [1.165, 1.54) is 23.9 Å². The van der Waals surface area contributed by atoms with Crippen LogP contribution in [0.3, 0.4) is 0 Å². The molecule has 1 heterocycles. The van der Waals surface area contributed by atoms with E-state index in [0.29, 0.717) is 5.16 Å². The number of hydrogen-bond donors (Lipinski definition) is 1. The zero-order valence-electron chi connectivity index (χ0n) is 14.7. The fraction of sp³-hybridized carbons (Fsp3) is 0.158. The lowest BCUT2D eigenvalue weighted by molar-refractivity contribution is -0.115. The number of rotatable bonds is 7. The first kappa shape index (κ1) is 20.3. The minimum absolute atomic E-state index is 0.0839. The van der Waals surface area contributed by atoms with Gasteiger partial charge in [0.25, 0.3) is 0 Å². The molecule has 28 heavy (non-hydrogen) atoms. The zero-order valence-corrected chi connectivity index (χ0v) is 17.1. The molecule has 1 aromatic heterocycles. The van der Waals surface area contributed by atoms with E-state index < -0.39 is 11.9 Å². The van der Waals surface area contributed by atoms with Crippen LogP contribution in [0, 0.1) is 0 Å². The number of hydrogen-bond acceptors (Lipinski definition) is 4. The first-order chi connectivity index (χ1) is 13.4.